The number of hydrogen-bond donors (Lipinski definition) is 1. The third kappa shape index (κ3) is 3.05. The number of carboxylic acid groups (broad SMARTS) is 1. The molecule has 1 amide bonds. The highest BCUT2D eigenvalue weighted by atomic mass is 16.5. The van der Waals surface area contributed by atoms with Crippen LogP contribution in [0.5, 0.6) is 5.75 Å². The number of benzene rings is 1. The maximum absolute atomic E-state index is 12.3. The number of aryl methyl sites for hydroxylation is 2. The lowest BCUT2D eigenvalue weighted by Gasteiger charge is -2.21. The number of hydrogen-bond acceptors (Lipinski definition) is 5. The lowest BCUT2D eigenvalue weighted by Crippen LogP contribution is -2.42. The van der Waals surface area contributed by atoms with Gasteiger partial charge in [-0.25, -0.2) is 9.59 Å². The summed E-state index contributed by atoms with van der Waals surface area (Å²) in [6, 6.07) is 2.74. The summed E-state index contributed by atoms with van der Waals surface area (Å²) in [6.07, 6.45) is 1.13. The van der Waals surface area contributed by atoms with Crippen molar-refractivity contribution in [3.8, 4) is 5.75 Å². The number of likely N-dealkylation sites (tertiary alicyclic amines) is 1. The molecular formula is C19H21NO6. The van der Waals surface area contributed by atoms with Crippen molar-refractivity contribution >= 4 is 22.8 Å². The number of aliphatic carboxylic acids is 1. The van der Waals surface area contributed by atoms with Crippen molar-refractivity contribution in [3.63, 3.8) is 0 Å². The molecular weight excluding hydrogens is 338 g/mol. The van der Waals surface area contributed by atoms with Crippen LogP contribution in [0.2, 0.25) is 0 Å². The van der Waals surface area contributed by atoms with Crippen molar-refractivity contribution in [3.05, 3.63) is 39.2 Å². The van der Waals surface area contributed by atoms with Crippen molar-refractivity contribution in [1.82, 2.24) is 4.90 Å². The third-order valence-corrected chi connectivity index (χ3v) is 5.03. The molecule has 138 valence electrons. The van der Waals surface area contributed by atoms with Gasteiger partial charge in [-0.3, -0.25) is 4.79 Å². The van der Waals surface area contributed by atoms with Crippen LogP contribution in [0.15, 0.2) is 21.3 Å². The van der Waals surface area contributed by atoms with E-state index in [0.717, 1.165) is 10.9 Å². The minimum Gasteiger partial charge on any atom is -0.483 e. The fourth-order valence-electron chi connectivity index (χ4n) is 3.33. The van der Waals surface area contributed by atoms with Crippen LogP contribution in [0.4, 0.5) is 0 Å². The van der Waals surface area contributed by atoms with Gasteiger partial charge in [0.1, 0.15) is 17.4 Å². The van der Waals surface area contributed by atoms with E-state index in [1.807, 2.05) is 6.92 Å². The van der Waals surface area contributed by atoms with Gasteiger partial charge in [0.05, 0.1) is 0 Å². The molecule has 0 spiro atoms. The Balaban J connectivity index is 1.82. The molecule has 1 fully saturated rings. The van der Waals surface area contributed by atoms with Gasteiger partial charge in [0.15, 0.2) is 6.61 Å². The average Bonchev–Trinajstić information content (AvgIpc) is 3.10. The molecule has 7 nitrogen and oxygen atoms in total. The first kappa shape index (κ1) is 18.0. The Hall–Kier alpha value is -2.83. The number of rotatable bonds is 4. The lowest BCUT2D eigenvalue weighted by molar-refractivity contribution is -0.148. The molecule has 1 atom stereocenters. The quantitative estimate of drug-likeness (QED) is 0.841. The van der Waals surface area contributed by atoms with Crippen LogP contribution >= 0.6 is 0 Å². The van der Waals surface area contributed by atoms with E-state index in [2.05, 4.69) is 0 Å². The van der Waals surface area contributed by atoms with Crippen LogP contribution in [0.25, 0.3) is 11.0 Å². The van der Waals surface area contributed by atoms with Crippen LogP contribution < -0.4 is 10.4 Å². The minimum absolute atomic E-state index is 0.259. The third-order valence-electron chi connectivity index (χ3n) is 5.03. The van der Waals surface area contributed by atoms with Gasteiger partial charge in [0, 0.05) is 23.1 Å². The molecule has 3 rings (SSSR count). The molecule has 2 aromatic rings. The highest BCUT2D eigenvalue weighted by Crippen LogP contribution is 2.29. The van der Waals surface area contributed by atoms with Crippen LogP contribution in [-0.4, -0.2) is 41.1 Å². The molecule has 1 aliphatic rings. The number of nitrogens with zero attached hydrogens (tertiary/aromatic N) is 1. The fraction of sp³-hybridized carbons (Fsp3) is 0.421. The number of fused-ring (bicyclic) bond motifs is 1. The van der Waals surface area contributed by atoms with Gasteiger partial charge in [-0.1, -0.05) is 0 Å². The summed E-state index contributed by atoms with van der Waals surface area (Å²) >= 11 is 0. The zero-order chi connectivity index (χ0) is 19.0. The lowest BCUT2D eigenvalue weighted by atomic mass is 10.0. The van der Waals surface area contributed by atoms with E-state index >= 15 is 0 Å². The van der Waals surface area contributed by atoms with E-state index in [4.69, 9.17) is 9.15 Å². The summed E-state index contributed by atoms with van der Waals surface area (Å²) in [5, 5.41) is 10.0. The van der Waals surface area contributed by atoms with Crippen molar-refractivity contribution in [2.45, 2.75) is 39.7 Å². The van der Waals surface area contributed by atoms with Crippen LogP contribution in [0, 0.1) is 20.8 Å². The summed E-state index contributed by atoms with van der Waals surface area (Å²) in [5.74, 6) is -0.926. The smallest absolute Gasteiger partial charge is 0.339 e. The molecule has 1 aromatic carbocycles. The Morgan fingerprint density at radius 3 is 2.65 bits per heavy atom. The monoisotopic (exact) mass is 359 g/mol. The molecule has 0 aliphatic carbocycles. The summed E-state index contributed by atoms with van der Waals surface area (Å²) in [6.45, 7) is 5.50. The molecule has 0 saturated carbocycles. The van der Waals surface area contributed by atoms with Gasteiger partial charge >= 0.3 is 11.6 Å². The summed E-state index contributed by atoms with van der Waals surface area (Å²) in [5.41, 5.74) is 2.09. The van der Waals surface area contributed by atoms with Gasteiger partial charge < -0.3 is 19.2 Å². The van der Waals surface area contributed by atoms with Crippen molar-refractivity contribution < 1.29 is 23.8 Å². The van der Waals surface area contributed by atoms with Crippen molar-refractivity contribution in [1.29, 1.82) is 0 Å². The van der Waals surface area contributed by atoms with Gasteiger partial charge in [-0.2, -0.15) is 0 Å². The second-order valence-electron chi connectivity index (χ2n) is 6.58. The number of carboxylic acids is 1. The van der Waals surface area contributed by atoms with Gasteiger partial charge in [0.25, 0.3) is 5.91 Å². The molecule has 2 heterocycles. The van der Waals surface area contributed by atoms with Gasteiger partial charge in [-0.15, -0.1) is 0 Å². The van der Waals surface area contributed by atoms with E-state index in [1.54, 1.807) is 26.0 Å². The zero-order valence-corrected chi connectivity index (χ0v) is 15.0. The Morgan fingerprint density at radius 1 is 1.23 bits per heavy atom. The normalized spacial score (nSPS) is 16.9. The van der Waals surface area contributed by atoms with E-state index in [1.165, 1.54) is 4.90 Å². The fourth-order valence-corrected chi connectivity index (χ4v) is 3.33. The second kappa shape index (κ2) is 6.82. The molecule has 0 radical (unpaired) electrons. The Kier molecular flexibility index (Phi) is 4.71. The summed E-state index contributed by atoms with van der Waals surface area (Å²) in [4.78, 5) is 36.8. The highest BCUT2D eigenvalue weighted by Gasteiger charge is 2.34. The summed E-state index contributed by atoms with van der Waals surface area (Å²) in [7, 11) is 0. The van der Waals surface area contributed by atoms with Gasteiger partial charge in [0.2, 0.25) is 0 Å². The van der Waals surface area contributed by atoms with Crippen LogP contribution in [0.3, 0.4) is 0 Å². The first-order chi connectivity index (χ1) is 12.3. The van der Waals surface area contributed by atoms with E-state index in [-0.39, 0.29) is 12.5 Å². The SMILES string of the molecule is Cc1c(C)c2ccc(OCC(=O)N3CCC[C@@H]3C(=O)O)c(C)c2oc1=O. The average molecular weight is 359 g/mol. The first-order valence-electron chi connectivity index (χ1n) is 8.50. The topological polar surface area (TPSA) is 97.1 Å². The first-order valence-corrected chi connectivity index (χ1v) is 8.50. The van der Waals surface area contributed by atoms with E-state index in [9.17, 15) is 19.5 Å². The van der Waals surface area contributed by atoms with Gasteiger partial charge in [-0.05, 0) is 51.3 Å². The standard InChI is InChI=1S/C19H21NO6/c1-10-11(2)19(24)26-17-12(3)15(7-6-13(10)17)25-9-16(21)20-8-4-5-14(20)18(22)23/h6-7,14H,4-5,8-9H2,1-3H3,(H,22,23)/t14-/m1/s1. The van der Waals surface area contributed by atoms with Crippen molar-refractivity contribution in [2.24, 2.45) is 0 Å². The Bertz CT molecular complexity index is 945. The highest BCUT2D eigenvalue weighted by molar-refractivity contribution is 5.87. The molecule has 26 heavy (non-hydrogen) atoms. The second-order valence-corrected chi connectivity index (χ2v) is 6.58. The van der Waals surface area contributed by atoms with Crippen LogP contribution in [0.1, 0.15) is 29.5 Å². The predicted molar refractivity (Wildman–Crippen MR) is 94.6 cm³/mol. The Labute approximate surface area is 150 Å². The predicted octanol–water partition coefficient (Wildman–Crippen LogP) is 2.17. The van der Waals surface area contributed by atoms with E-state index < -0.39 is 17.6 Å². The number of carbonyl (C=O) groups excluding carboxylic acids is 1. The van der Waals surface area contributed by atoms with Crippen molar-refractivity contribution in [2.75, 3.05) is 13.2 Å². The molecule has 1 aromatic heterocycles. The number of carbonyl (C=O) groups is 2. The zero-order valence-electron chi connectivity index (χ0n) is 15.0. The van der Waals surface area contributed by atoms with E-state index in [0.29, 0.717) is 41.8 Å². The Morgan fingerprint density at radius 2 is 1.96 bits per heavy atom. The maximum Gasteiger partial charge on any atom is 0.339 e. The molecule has 0 bridgehead atoms. The maximum atomic E-state index is 12.3. The largest absolute Gasteiger partial charge is 0.483 e. The molecule has 1 N–H and O–H groups in total. The molecule has 1 aliphatic heterocycles. The molecule has 1 saturated heterocycles. The molecule has 7 heteroatoms. The summed E-state index contributed by atoms with van der Waals surface area (Å²) < 4.78 is 11.0. The number of amides is 1. The minimum atomic E-state index is -0.995. The van der Waals surface area contributed by atoms with Crippen LogP contribution in [-0.2, 0) is 9.59 Å². The number of ether oxygens (including phenoxy) is 1. The molecule has 0 unspecified atom stereocenters.